The maximum absolute atomic E-state index is 8.96. The minimum absolute atomic E-state index is 0.580. The van der Waals surface area contributed by atoms with E-state index in [0.717, 1.165) is 17.2 Å². The molecule has 0 spiro atoms. The first kappa shape index (κ1) is 13.0. The number of rotatable bonds is 3. The van der Waals surface area contributed by atoms with Gasteiger partial charge in [0, 0.05) is 11.7 Å². The van der Waals surface area contributed by atoms with Crippen molar-refractivity contribution in [2.75, 3.05) is 5.32 Å². The van der Waals surface area contributed by atoms with Crippen LogP contribution in [0.4, 0.5) is 5.69 Å². The Bertz CT molecular complexity index is 445. The van der Waals surface area contributed by atoms with Crippen LogP contribution in [0.2, 0.25) is 0 Å². The average molecular weight is 242 g/mol. The Morgan fingerprint density at radius 1 is 1.39 bits per heavy atom. The van der Waals surface area contributed by atoms with Crippen molar-refractivity contribution in [1.82, 2.24) is 0 Å². The highest BCUT2D eigenvalue weighted by molar-refractivity contribution is 5.55. The first-order valence-corrected chi connectivity index (χ1v) is 7.00. The first-order valence-electron chi connectivity index (χ1n) is 7.00. The molecule has 0 aromatic heterocycles. The lowest BCUT2D eigenvalue weighted by Crippen LogP contribution is -2.27. The summed E-state index contributed by atoms with van der Waals surface area (Å²) in [6.07, 6.45) is 6.52. The van der Waals surface area contributed by atoms with Crippen LogP contribution in [0.15, 0.2) is 18.2 Å². The average Bonchev–Trinajstić information content (AvgIpc) is 2.41. The molecule has 1 N–H and O–H groups in total. The van der Waals surface area contributed by atoms with Crippen molar-refractivity contribution >= 4 is 5.69 Å². The largest absolute Gasteiger partial charge is 0.382 e. The maximum Gasteiger partial charge on any atom is 0.0992 e. The summed E-state index contributed by atoms with van der Waals surface area (Å²) in [5, 5.41) is 12.6. The van der Waals surface area contributed by atoms with Crippen LogP contribution in [-0.4, -0.2) is 6.04 Å². The smallest absolute Gasteiger partial charge is 0.0992 e. The van der Waals surface area contributed by atoms with E-state index in [1.165, 1.54) is 37.7 Å². The number of nitrogens with one attached hydrogen (secondary N) is 1. The summed E-state index contributed by atoms with van der Waals surface area (Å²) in [7, 11) is 0. The van der Waals surface area contributed by atoms with Gasteiger partial charge in [0.25, 0.3) is 0 Å². The Labute approximate surface area is 110 Å². The summed E-state index contributed by atoms with van der Waals surface area (Å²) in [6.45, 7) is 4.39. The quantitative estimate of drug-likeness (QED) is 0.860. The summed E-state index contributed by atoms with van der Waals surface area (Å²) in [6, 6.07) is 8.68. The van der Waals surface area contributed by atoms with Gasteiger partial charge in [-0.25, -0.2) is 0 Å². The molecular weight excluding hydrogens is 220 g/mol. The molecule has 1 aromatic carbocycles. The summed E-state index contributed by atoms with van der Waals surface area (Å²) < 4.78 is 0. The van der Waals surface area contributed by atoms with Gasteiger partial charge in [0.1, 0.15) is 0 Å². The Hall–Kier alpha value is -1.49. The topological polar surface area (TPSA) is 35.8 Å². The van der Waals surface area contributed by atoms with Crippen molar-refractivity contribution in [1.29, 1.82) is 5.26 Å². The lowest BCUT2D eigenvalue weighted by molar-refractivity contribution is 0.327. The predicted octanol–water partition coefficient (Wildman–Crippen LogP) is 4.25. The number of anilines is 1. The molecule has 2 unspecified atom stereocenters. The van der Waals surface area contributed by atoms with E-state index < -0.39 is 0 Å². The van der Waals surface area contributed by atoms with Crippen molar-refractivity contribution < 1.29 is 0 Å². The zero-order valence-electron chi connectivity index (χ0n) is 11.4. The van der Waals surface area contributed by atoms with E-state index in [-0.39, 0.29) is 0 Å². The van der Waals surface area contributed by atoms with Crippen molar-refractivity contribution in [3.05, 3.63) is 29.3 Å². The van der Waals surface area contributed by atoms with Crippen molar-refractivity contribution in [2.24, 2.45) is 5.92 Å². The molecule has 2 heteroatoms. The molecule has 1 aromatic rings. The van der Waals surface area contributed by atoms with Crippen LogP contribution >= 0.6 is 0 Å². The minimum Gasteiger partial charge on any atom is -0.382 e. The Morgan fingerprint density at radius 2 is 2.22 bits per heavy atom. The fourth-order valence-corrected chi connectivity index (χ4v) is 2.86. The van der Waals surface area contributed by atoms with Gasteiger partial charge in [0.15, 0.2) is 0 Å². The molecule has 0 amide bonds. The van der Waals surface area contributed by atoms with Crippen LogP contribution in [0.25, 0.3) is 0 Å². The summed E-state index contributed by atoms with van der Waals surface area (Å²) in [4.78, 5) is 0. The van der Waals surface area contributed by atoms with E-state index in [9.17, 15) is 0 Å². The number of nitriles is 1. The highest BCUT2D eigenvalue weighted by atomic mass is 14.9. The number of nitrogens with zero attached hydrogens (tertiary/aromatic N) is 1. The Kier molecular flexibility index (Phi) is 4.25. The predicted molar refractivity (Wildman–Crippen MR) is 75.6 cm³/mol. The third kappa shape index (κ3) is 3.04. The van der Waals surface area contributed by atoms with Gasteiger partial charge in [-0.05, 0) is 43.4 Å². The molecule has 0 aliphatic heterocycles. The van der Waals surface area contributed by atoms with Gasteiger partial charge >= 0.3 is 0 Å². The molecule has 18 heavy (non-hydrogen) atoms. The van der Waals surface area contributed by atoms with Gasteiger partial charge in [-0.2, -0.15) is 5.26 Å². The zero-order chi connectivity index (χ0) is 13.0. The van der Waals surface area contributed by atoms with Crippen LogP contribution in [0.3, 0.4) is 0 Å². The summed E-state index contributed by atoms with van der Waals surface area (Å²) in [5.74, 6) is 0.871. The SMILES string of the molecule is CCC1CCCC(Nc2cc(C#N)ccc2C)C1. The molecule has 0 heterocycles. The maximum atomic E-state index is 8.96. The van der Waals surface area contributed by atoms with Gasteiger partial charge in [-0.15, -0.1) is 0 Å². The summed E-state index contributed by atoms with van der Waals surface area (Å²) in [5.41, 5.74) is 3.11. The number of aryl methyl sites for hydroxylation is 1. The lowest BCUT2D eigenvalue weighted by atomic mass is 9.84. The second-order valence-electron chi connectivity index (χ2n) is 5.42. The van der Waals surface area contributed by atoms with Crippen LogP contribution in [-0.2, 0) is 0 Å². The number of hydrogen-bond donors (Lipinski definition) is 1. The Morgan fingerprint density at radius 3 is 2.94 bits per heavy atom. The van der Waals surface area contributed by atoms with E-state index in [1.54, 1.807) is 0 Å². The molecular formula is C16H22N2. The lowest BCUT2D eigenvalue weighted by Gasteiger charge is -2.30. The molecule has 2 rings (SSSR count). The second kappa shape index (κ2) is 5.91. The third-order valence-electron chi connectivity index (χ3n) is 4.09. The number of hydrogen-bond acceptors (Lipinski definition) is 2. The molecule has 1 aliphatic carbocycles. The molecule has 1 fully saturated rings. The van der Waals surface area contributed by atoms with Gasteiger partial charge in [0.2, 0.25) is 0 Å². The standard InChI is InChI=1S/C16H22N2/c1-3-13-5-4-6-15(9-13)18-16-10-14(11-17)8-7-12(16)2/h7-8,10,13,15,18H,3-6,9H2,1-2H3. The van der Waals surface area contributed by atoms with E-state index in [2.05, 4.69) is 25.2 Å². The summed E-state index contributed by atoms with van der Waals surface area (Å²) >= 11 is 0. The minimum atomic E-state index is 0.580. The van der Waals surface area contributed by atoms with E-state index in [1.807, 2.05) is 18.2 Å². The third-order valence-corrected chi connectivity index (χ3v) is 4.09. The highest BCUT2D eigenvalue weighted by Gasteiger charge is 2.20. The molecule has 0 radical (unpaired) electrons. The van der Waals surface area contributed by atoms with Crippen LogP contribution in [0.1, 0.15) is 50.2 Å². The molecule has 2 atom stereocenters. The van der Waals surface area contributed by atoms with Gasteiger partial charge in [-0.1, -0.05) is 32.3 Å². The fraction of sp³-hybridized carbons (Fsp3) is 0.562. The fourth-order valence-electron chi connectivity index (χ4n) is 2.86. The second-order valence-corrected chi connectivity index (χ2v) is 5.42. The first-order chi connectivity index (χ1) is 8.72. The molecule has 0 bridgehead atoms. The van der Waals surface area contributed by atoms with Crippen LogP contribution in [0.5, 0.6) is 0 Å². The van der Waals surface area contributed by atoms with E-state index in [0.29, 0.717) is 6.04 Å². The molecule has 1 aliphatic rings. The highest BCUT2D eigenvalue weighted by Crippen LogP contribution is 2.29. The van der Waals surface area contributed by atoms with Crippen LogP contribution in [0, 0.1) is 24.2 Å². The molecule has 0 saturated heterocycles. The van der Waals surface area contributed by atoms with Gasteiger partial charge in [-0.3, -0.25) is 0 Å². The van der Waals surface area contributed by atoms with Crippen molar-refractivity contribution in [2.45, 2.75) is 52.0 Å². The van der Waals surface area contributed by atoms with Crippen molar-refractivity contribution in [3.8, 4) is 6.07 Å². The van der Waals surface area contributed by atoms with Crippen LogP contribution < -0.4 is 5.32 Å². The normalized spacial score (nSPS) is 23.4. The monoisotopic (exact) mass is 242 g/mol. The molecule has 96 valence electrons. The molecule has 1 saturated carbocycles. The van der Waals surface area contributed by atoms with Gasteiger partial charge in [0.05, 0.1) is 11.6 Å². The van der Waals surface area contributed by atoms with Gasteiger partial charge < -0.3 is 5.32 Å². The number of benzene rings is 1. The molecule has 2 nitrogen and oxygen atoms in total. The van der Waals surface area contributed by atoms with Crippen molar-refractivity contribution in [3.63, 3.8) is 0 Å². The Balaban J connectivity index is 2.07. The van der Waals surface area contributed by atoms with E-state index >= 15 is 0 Å². The van der Waals surface area contributed by atoms with E-state index in [4.69, 9.17) is 5.26 Å². The zero-order valence-corrected chi connectivity index (χ0v) is 11.4.